The van der Waals surface area contributed by atoms with E-state index in [2.05, 4.69) is 6.92 Å². The van der Waals surface area contributed by atoms with Crippen molar-refractivity contribution in [2.24, 2.45) is 11.1 Å². The molecule has 0 radical (unpaired) electrons. The van der Waals surface area contributed by atoms with Crippen LogP contribution in [-0.4, -0.2) is 38.2 Å². The highest BCUT2D eigenvalue weighted by molar-refractivity contribution is 7.91. The van der Waals surface area contributed by atoms with E-state index in [0.29, 0.717) is 0 Å². The molecule has 0 aliphatic heterocycles. The molecule has 1 aromatic rings. The summed E-state index contributed by atoms with van der Waals surface area (Å²) in [7, 11) is -3.21. The van der Waals surface area contributed by atoms with Crippen LogP contribution in [0.3, 0.4) is 0 Å². The van der Waals surface area contributed by atoms with Crippen molar-refractivity contribution >= 4 is 9.84 Å². The van der Waals surface area contributed by atoms with Gasteiger partial charge in [-0.3, -0.25) is 0 Å². The molecule has 1 aliphatic rings. The van der Waals surface area contributed by atoms with Crippen LogP contribution in [0.5, 0.6) is 0 Å². The molecule has 0 bridgehead atoms. The number of aryl methyl sites for hydroxylation is 1. The molecule has 1 aliphatic carbocycles. The Morgan fingerprint density at radius 2 is 1.89 bits per heavy atom. The van der Waals surface area contributed by atoms with E-state index in [9.17, 15) is 13.5 Å². The smallest absolute Gasteiger partial charge is 0.151 e. The fraction of sp³-hybridized carbons (Fsp3) is 0.571. The minimum atomic E-state index is -3.21. The van der Waals surface area contributed by atoms with E-state index < -0.39 is 20.5 Å². The summed E-state index contributed by atoms with van der Waals surface area (Å²) < 4.78 is 23.7. The van der Waals surface area contributed by atoms with Gasteiger partial charge < -0.3 is 10.8 Å². The number of sulfone groups is 1. The van der Waals surface area contributed by atoms with Gasteiger partial charge in [0.25, 0.3) is 0 Å². The summed E-state index contributed by atoms with van der Waals surface area (Å²) in [5, 5.41) is 9.01. The lowest BCUT2D eigenvalue weighted by molar-refractivity contribution is 0.212. The van der Waals surface area contributed by atoms with E-state index in [0.717, 1.165) is 12.0 Å². The molecular formula is C14H21NO3S. The van der Waals surface area contributed by atoms with Gasteiger partial charge in [0.2, 0.25) is 0 Å². The molecule has 0 saturated heterocycles. The van der Waals surface area contributed by atoms with Crippen molar-refractivity contribution in [3.63, 3.8) is 0 Å². The number of aliphatic hydroxyl groups excluding tert-OH is 1. The van der Waals surface area contributed by atoms with Crippen LogP contribution in [0.25, 0.3) is 0 Å². The van der Waals surface area contributed by atoms with Crippen molar-refractivity contribution in [1.82, 2.24) is 0 Å². The molecule has 4 nitrogen and oxygen atoms in total. The molecule has 0 spiro atoms. The fourth-order valence-corrected chi connectivity index (χ4v) is 5.10. The van der Waals surface area contributed by atoms with Crippen molar-refractivity contribution in [1.29, 1.82) is 0 Å². The second kappa shape index (κ2) is 4.89. The molecule has 3 atom stereocenters. The topological polar surface area (TPSA) is 80.4 Å². The summed E-state index contributed by atoms with van der Waals surface area (Å²) in [6.07, 6.45) is 2.17. The molecule has 2 rings (SSSR count). The molecule has 0 unspecified atom stereocenters. The SMILES string of the molecule is CCc1ccc([C@@H]2[C@@H](S(C)(=O)=O)[C@@]2(CN)CO)cc1. The standard InChI is InChI=1S/C14H21NO3S/c1-3-10-4-6-11(7-5-10)12-13(19(2,17)18)14(12,8-15)9-16/h4-7,12-13,16H,3,8-9,15H2,1-2H3/t12-,13-,14+/m1/s1. The van der Waals surface area contributed by atoms with Crippen LogP contribution in [0.15, 0.2) is 24.3 Å². The van der Waals surface area contributed by atoms with Gasteiger partial charge >= 0.3 is 0 Å². The highest BCUT2D eigenvalue weighted by atomic mass is 32.2. The van der Waals surface area contributed by atoms with Crippen LogP contribution in [-0.2, 0) is 16.3 Å². The van der Waals surface area contributed by atoms with Gasteiger partial charge in [0.1, 0.15) is 0 Å². The Morgan fingerprint density at radius 1 is 1.32 bits per heavy atom. The molecule has 1 fully saturated rings. The number of nitrogens with two attached hydrogens (primary N) is 1. The van der Waals surface area contributed by atoms with E-state index >= 15 is 0 Å². The summed E-state index contributed by atoms with van der Waals surface area (Å²) in [5.74, 6) is -0.191. The van der Waals surface area contributed by atoms with Crippen molar-refractivity contribution in [3.8, 4) is 0 Å². The summed E-state index contributed by atoms with van der Waals surface area (Å²) in [6.45, 7) is 2.06. The zero-order valence-electron chi connectivity index (χ0n) is 11.3. The van der Waals surface area contributed by atoms with Crippen molar-refractivity contribution in [3.05, 3.63) is 35.4 Å². The van der Waals surface area contributed by atoms with Crippen LogP contribution < -0.4 is 5.73 Å². The van der Waals surface area contributed by atoms with Gasteiger partial charge in [0, 0.05) is 24.1 Å². The Balaban J connectivity index is 2.37. The molecule has 0 aromatic heterocycles. The Morgan fingerprint density at radius 3 is 2.21 bits per heavy atom. The van der Waals surface area contributed by atoms with Gasteiger partial charge in [-0.2, -0.15) is 0 Å². The Hall–Kier alpha value is -0.910. The maximum Gasteiger partial charge on any atom is 0.151 e. The summed E-state index contributed by atoms with van der Waals surface area (Å²) in [6, 6.07) is 7.92. The summed E-state index contributed by atoms with van der Waals surface area (Å²) in [5.41, 5.74) is 7.18. The number of aliphatic hydroxyl groups is 1. The maximum atomic E-state index is 11.9. The monoisotopic (exact) mass is 283 g/mol. The lowest BCUT2D eigenvalue weighted by Crippen LogP contribution is -2.27. The lowest BCUT2D eigenvalue weighted by Gasteiger charge is -2.11. The first-order valence-electron chi connectivity index (χ1n) is 6.49. The first-order valence-corrected chi connectivity index (χ1v) is 8.44. The third kappa shape index (κ3) is 2.30. The number of hydrogen-bond donors (Lipinski definition) is 2. The minimum Gasteiger partial charge on any atom is -0.396 e. The maximum absolute atomic E-state index is 11.9. The predicted molar refractivity (Wildman–Crippen MR) is 75.8 cm³/mol. The van der Waals surface area contributed by atoms with Gasteiger partial charge in [0.15, 0.2) is 9.84 Å². The van der Waals surface area contributed by atoms with Gasteiger partial charge in [-0.05, 0) is 17.5 Å². The van der Waals surface area contributed by atoms with E-state index in [4.69, 9.17) is 5.73 Å². The van der Waals surface area contributed by atoms with Gasteiger partial charge in [-0.25, -0.2) is 8.42 Å². The summed E-state index contributed by atoms with van der Waals surface area (Å²) >= 11 is 0. The predicted octanol–water partition coefficient (Wildman–Crippen LogP) is 0.697. The second-order valence-corrected chi connectivity index (χ2v) is 7.59. The van der Waals surface area contributed by atoms with Gasteiger partial charge in [-0.15, -0.1) is 0 Å². The van der Waals surface area contributed by atoms with Crippen molar-refractivity contribution < 1.29 is 13.5 Å². The molecule has 1 saturated carbocycles. The normalized spacial score (nSPS) is 30.3. The van der Waals surface area contributed by atoms with Crippen molar-refractivity contribution in [2.45, 2.75) is 24.5 Å². The van der Waals surface area contributed by atoms with Crippen LogP contribution in [0.2, 0.25) is 0 Å². The summed E-state index contributed by atoms with van der Waals surface area (Å²) in [4.78, 5) is 0. The molecule has 106 valence electrons. The largest absolute Gasteiger partial charge is 0.396 e. The Labute approximate surface area is 114 Å². The molecule has 3 N–H and O–H groups in total. The van der Waals surface area contributed by atoms with E-state index in [1.54, 1.807) is 0 Å². The second-order valence-electron chi connectivity index (χ2n) is 5.42. The quantitative estimate of drug-likeness (QED) is 0.833. The van der Waals surface area contributed by atoms with Crippen molar-refractivity contribution in [2.75, 3.05) is 19.4 Å². The lowest BCUT2D eigenvalue weighted by atomic mass is 9.99. The highest BCUT2D eigenvalue weighted by Gasteiger charge is 2.68. The fourth-order valence-electron chi connectivity index (χ4n) is 3.09. The van der Waals surface area contributed by atoms with Gasteiger partial charge in [0.05, 0.1) is 11.9 Å². The van der Waals surface area contributed by atoms with Crippen LogP contribution in [0, 0.1) is 5.41 Å². The number of benzene rings is 1. The highest BCUT2D eigenvalue weighted by Crippen LogP contribution is 2.61. The molecule has 0 amide bonds. The molecule has 5 heteroatoms. The first-order chi connectivity index (χ1) is 8.90. The van der Waals surface area contributed by atoms with E-state index in [-0.39, 0.29) is 19.1 Å². The van der Waals surface area contributed by atoms with Crippen LogP contribution >= 0.6 is 0 Å². The first kappa shape index (κ1) is 14.5. The van der Waals surface area contributed by atoms with Gasteiger partial charge in [-0.1, -0.05) is 31.2 Å². The zero-order chi connectivity index (χ0) is 14.3. The Bertz CT molecular complexity index is 547. The number of rotatable bonds is 5. The van der Waals surface area contributed by atoms with E-state index in [1.165, 1.54) is 11.8 Å². The Kier molecular flexibility index (Phi) is 3.73. The minimum absolute atomic E-state index is 0.182. The van der Waals surface area contributed by atoms with Crippen LogP contribution in [0.1, 0.15) is 24.0 Å². The number of hydrogen-bond acceptors (Lipinski definition) is 4. The molecule has 19 heavy (non-hydrogen) atoms. The zero-order valence-corrected chi connectivity index (χ0v) is 12.2. The third-order valence-corrected chi connectivity index (χ3v) is 5.93. The molecule has 1 aromatic carbocycles. The van der Waals surface area contributed by atoms with Crippen LogP contribution in [0.4, 0.5) is 0 Å². The molecular weight excluding hydrogens is 262 g/mol. The third-order valence-electron chi connectivity index (χ3n) is 4.26. The molecule has 0 heterocycles. The average molecular weight is 283 g/mol. The van der Waals surface area contributed by atoms with E-state index in [1.807, 2.05) is 24.3 Å². The average Bonchev–Trinajstić information content (AvgIpc) is 3.09.